The fraction of sp³-hybridized carbons (Fsp3) is 0.231. The van der Waals surface area contributed by atoms with Crippen LogP contribution in [0.3, 0.4) is 0 Å². The van der Waals surface area contributed by atoms with Crippen LogP contribution in [0.5, 0.6) is 0 Å². The number of hydrogen-bond acceptors (Lipinski definition) is 12. The van der Waals surface area contributed by atoms with Crippen molar-refractivity contribution in [3.05, 3.63) is 76.4 Å². The van der Waals surface area contributed by atoms with Crippen molar-refractivity contribution in [3.63, 3.8) is 0 Å². The van der Waals surface area contributed by atoms with Crippen LogP contribution in [0.4, 0.5) is 11.6 Å². The predicted octanol–water partition coefficient (Wildman–Crippen LogP) is 2.38. The van der Waals surface area contributed by atoms with Crippen molar-refractivity contribution < 1.29 is 0 Å². The molecular formula is C26H26N12OS. The molecule has 1 atom stereocenters. The van der Waals surface area contributed by atoms with Crippen LogP contribution in [0.1, 0.15) is 24.3 Å². The van der Waals surface area contributed by atoms with Crippen molar-refractivity contribution in [2.75, 3.05) is 25.5 Å². The smallest absolute Gasteiger partial charge is 0.269 e. The summed E-state index contributed by atoms with van der Waals surface area (Å²) >= 11 is 1.35. The lowest BCUT2D eigenvalue weighted by Crippen LogP contribution is -2.38. The zero-order chi connectivity index (χ0) is 27.1. The molecule has 1 saturated heterocycles. The SMILES string of the molecule is CN1N=C(n2ccnc2-c2cc3cnc(Nc4ccc(C5CCCNC5)cc4)nc3n(-c3nccs3)c2=O)NN1. The standard InChI is InChI=1S/C26H26N12OS/c1-36-34-25(33-35-36)37-11-9-28-22(37)20-13-18-15-30-24(32-21(18)38(23(20)39)26-29-10-12-40-26)31-19-6-4-16(5-7-19)17-3-2-8-27-14-17/h4-7,9-13,15,17,27,35H,2-3,8,14H2,1H3,(H,33,34)(H,30,31,32). The summed E-state index contributed by atoms with van der Waals surface area (Å²) in [6.07, 6.45) is 9.11. The molecule has 13 nitrogen and oxygen atoms in total. The zero-order valence-electron chi connectivity index (χ0n) is 21.6. The van der Waals surface area contributed by atoms with E-state index in [1.54, 1.807) is 42.5 Å². The summed E-state index contributed by atoms with van der Waals surface area (Å²) in [5.41, 5.74) is 8.54. The van der Waals surface area contributed by atoms with Crippen LogP contribution in [-0.2, 0) is 0 Å². The van der Waals surface area contributed by atoms with Crippen molar-refractivity contribution >= 4 is 40.0 Å². The van der Waals surface area contributed by atoms with Gasteiger partial charge in [-0.15, -0.1) is 22.0 Å². The van der Waals surface area contributed by atoms with E-state index in [1.807, 2.05) is 17.5 Å². The van der Waals surface area contributed by atoms with Gasteiger partial charge in [-0.3, -0.25) is 14.8 Å². The third kappa shape index (κ3) is 4.47. The first kappa shape index (κ1) is 24.4. The summed E-state index contributed by atoms with van der Waals surface area (Å²) in [5, 5.41) is 15.6. The maximum absolute atomic E-state index is 14.0. The number of benzene rings is 1. The van der Waals surface area contributed by atoms with E-state index in [1.165, 1.54) is 39.4 Å². The third-order valence-electron chi connectivity index (χ3n) is 6.97. The van der Waals surface area contributed by atoms with Gasteiger partial charge in [-0.05, 0) is 49.1 Å². The van der Waals surface area contributed by atoms with Crippen LogP contribution >= 0.6 is 11.3 Å². The van der Waals surface area contributed by atoms with Gasteiger partial charge in [-0.25, -0.2) is 24.6 Å². The second kappa shape index (κ2) is 10.1. The number of imidazole rings is 1. The van der Waals surface area contributed by atoms with Gasteiger partial charge < -0.3 is 10.6 Å². The molecule has 0 aliphatic carbocycles. The van der Waals surface area contributed by atoms with Crippen molar-refractivity contribution in [3.8, 4) is 16.5 Å². The molecule has 0 spiro atoms. The normalized spacial score (nSPS) is 17.2. The lowest BCUT2D eigenvalue weighted by Gasteiger charge is -2.23. The third-order valence-corrected chi connectivity index (χ3v) is 7.73. The van der Waals surface area contributed by atoms with E-state index in [0.717, 1.165) is 18.8 Å². The second-order valence-electron chi connectivity index (χ2n) is 9.58. The van der Waals surface area contributed by atoms with Gasteiger partial charge in [0.05, 0.1) is 5.56 Å². The number of pyridine rings is 1. The van der Waals surface area contributed by atoms with E-state index in [-0.39, 0.29) is 5.56 Å². The van der Waals surface area contributed by atoms with Crippen LogP contribution < -0.4 is 27.2 Å². The summed E-state index contributed by atoms with van der Waals surface area (Å²) < 4.78 is 3.21. The number of hydrogen-bond donors (Lipinski definition) is 4. The van der Waals surface area contributed by atoms with Crippen LogP contribution in [-0.4, -0.2) is 60.3 Å². The highest BCUT2D eigenvalue weighted by molar-refractivity contribution is 7.12. The number of anilines is 2. The molecule has 5 aromatic rings. The summed E-state index contributed by atoms with van der Waals surface area (Å²) in [5.74, 6) is 1.83. The Kier molecular flexibility index (Phi) is 6.18. The lowest BCUT2D eigenvalue weighted by molar-refractivity contribution is 0.259. The molecule has 2 aliphatic heterocycles. The average Bonchev–Trinajstić information content (AvgIpc) is 3.76. The van der Waals surface area contributed by atoms with E-state index in [4.69, 9.17) is 4.98 Å². The monoisotopic (exact) mass is 554 g/mol. The van der Waals surface area contributed by atoms with Gasteiger partial charge in [0.2, 0.25) is 11.9 Å². The van der Waals surface area contributed by atoms with E-state index in [2.05, 4.69) is 53.8 Å². The molecule has 0 radical (unpaired) electrons. The van der Waals surface area contributed by atoms with Gasteiger partial charge in [0.15, 0.2) is 16.6 Å². The van der Waals surface area contributed by atoms with Crippen LogP contribution in [0, 0.1) is 0 Å². The van der Waals surface area contributed by atoms with Crippen LogP contribution in [0.2, 0.25) is 0 Å². The number of aromatic nitrogens is 6. The molecule has 2 aliphatic rings. The highest BCUT2D eigenvalue weighted by atomic mass is 32.1. The highest BCUT2D eigenvalue weighted by Gasteiger charge is 2.22. The minimum atomic E-state index is -0.301. The van der Waals surface area contributed by atoms with Crippen molar-refractivity contribution in [1.29, 1.82) is 0 Å². The Labute approximate surface area is 232 Å². The Bertz CT molecular complexity index is 1750. The summed E-state index contributed by atoms with van der Waals surface area (Å²) in [4.78, 5) is 32.2. The topological polar surface area (TPSA) is 142 Å². The maximum Gasteiger partial charge on any atom is 0.269 e. The van der Waals surface area contributed by atoms with Gasteiger partial charge in [-0.2, -0.15) is 4.98 Å². The Balaban J connectivity index is 1.27. The van der Waals surface area contributed by atoms with Gasteiger partial charge in [0.1, 0.15) is 0 Å². The fourth-order valence-corrected chi connectivity index (χ4v) is 5.67. The quantitative estimate of drug-likeness (QED) is 0.256. The number of hydrazone groups is 1. The van der Waals surface area contributed by atoms with Crippen molar-refractivity contribution in [2.45, 2.75) is 18.8 Å². The predicted molar refractivity (Wildman–Crippen MR) is 153 cm³/mol. The zero-order valence-corrected chi connectivity index (χ0v) is 22.4. The first-order chi connectivity index (χ1) is 19.6. The van der Waals surface area contributed by atoms with Gasteiger partial charge in [-0.1, -0.05) is 12.1 Å². The molecule has 0 saturated carbocycles. The maximum atomic E-state index is 14.0. The van der Waals surface area contributed by atoms with Crippen molar-refractivity contribution in [2.24, 2.45) is 5.10 Å². The van der Waals surface area contributed by atoms with E-state index < -0.39 is 0 Å². The summed E-state index contributed by atoms with van der Waals surface area (Å²) in [6.45, 7) is 2.10. The molecule has 1 aromatic carbocycles. The van der Waals surface area contributed by atoms with E-state index >= 15 is 0 Å². The first-order valence-electron chi connectivity index (χ1n) is 12.9. The summed E-state index contributed by atoms with van der Waals surface area (Å²) in [7, 11) is 1.76. The molecule has 40 heavy (non-hydrogen) atoms. The largest absolute Gasteiger partial charge is 0.324 e. The molecule has 14 heteroatoms. The minimum absolute atomic E-state index is 0.301. The number of nitrogens with zero attached hydrogens (tertiary/aromatic N) is 8. The van der Waals surface area contributed by atoms with Crippen LogP contribution in [0.15, 0.2) is 70.4 Å². The van der Waals surface area contributed by atoms with Gasteiger partial charge in [0, 0.05) is 54.8 Å². The Morgan fingerprint density at radius 3 is 2.77 bits per heavy atom. The molecule has 4 N–H and O–H groups in total. The molecule has 202 valence electrons. The molecule has 0 amide bonds. The fourth-order valence-electron chi connectivity index (χ4n) is 5.03. The number of hydrazine groups is 2. The number of thiazole rings is 1. The summed E-state index contributed by atoms with van der Waals surface area (Å²) in [6, 6.07) is 10.1. The molecule has 1 unspecified atom stereocenters. The number of rotatable bonds is 5. The van der Waals surface area contributed by atoms with Gasteiger partial charge >= 0.3 is 0 Å². The molecule has 0 bridgehead atoms. The first-order valence-corrected chi connectivity index (χ1v) is 13.8. The van der Waals surface area contributed by atoms with E-state index in [0.29, 0.717) is 45.4 Å². The average molecular weight is 555 g/mol. The Morgan fingerprint density at radius 2 is 2.02 bits per heavy atom. The second-order valence-corrected chi connectivity index (χ2v) is 10.5. The number of piperidine rings is 1. The molecule has 1 fully saturated rings. The molecule has 6 heterocycles. The van der Waals surface area contributed by atoms with E-state index in [9.17, 15) is 4.79 Å². The van der Waals surface area contributed by atoms with Crippen molar-refractivity contribution in [1.82, 2.24) is 50.5 Å². The molecular weight excluding hydrogens is 528 g/mol. The lowest BCUT2D eigenvalue weighted by atomic mass is 9.92. The minimum Gasteiger partial charge on any atom is -0.324 e. The Morgan fingerprint density at radius 1 is 1.12 bits per heavy atom. The highest BCUT2D eigenvalue weighted by Crippen LogP contribution is 2.27. The Hall–Kier alpha value is -4.66. The van der Waals surface area contributed by atoms with Gasteiger partial charge in [0.25, 0.3) is 5.56 Å². The number of fused-ring (bicyclic) bond motifs is 1. The molecule has 7 rings (SSSR count). The van der Waals surface area contributed by atoms with Crippen LogP contribution in [0.25, 0.3) is 27.6 Å². The molecule has 4 aromatic heterocycles. The number of nitrogens with one attached hydrogen (secondary N) is 4.